The van der Waals surface area contributed by atoms with Gasteiger partial charge in [0.05, 0.1) is 20.7 Å². The van der Waals surface area contributed by atoms with Crippen molar-refractivity contribution in [3.05, 3.63) is 49.4 Å². The second-order valence-electron chi connectivity index (χ2n) is 4.84. The van der Waals surface area contributed by atoms with E-state index < -0.39 is 0 Å². The third-order valence-corrected chi connectivity index (χ3v) is 5.35. The number of nitrogens with zero attached hydrogens (tertiary/aromatic N) is 1. The fourth-order valence-corrected chi connectivity index (χ4v) is 3.91. The van der Waals surface area contributed by atoms with Crippen molar-refractivity contribution in [3.8, 4) is 0 Å². The first-order valence-corrected chi connectivity index (χ1v) is 7.88. The maximum atomic E-state index is 6.13. The summed E-state index contributed by atoms with van der Waals surface area (Å²) in [4.78, 5) is 5.98. The van der Waals surface area contributed by atoms with Gasteiger partial charge in [0.2, 0.25) is 0 Å². The van der Waals surface area contributed by atoms with Crippen molar-refractivity contribution in [2.24, 2.45) is 5.73 Å². The summed E-state index contributed by atoms with van der Waals surface area (Å²) >= 11 is 13.7. The van der Waals surface area contributed by atoms with E-state index in [4.69, 9.17) is 33.9 Å². The summed E-state index contributed by atoms with van der Waals surface area (Å²) in [6, 6.07) is 5.90. The Balaban J connectivity index is 1.85. The van der Waals surface area contributed by atoms with E-state index in [1.54, 1.807) is 11.3 Å². The number of rotatable bonds is 2. The first kappa shape index (κ1) is 13.4. The van der Waals surface area contributed by atoms with Crippen LogP contribution in [0.4, 0.5) is 0 Å². The minimum absolute atomic E-state index is 0.170. The van der Waals surface area contributed by atoms with E-state index in [1.165, 1.54) is 10.6 Å². The van der Waals surface area contributed by atoms with Gasteiger partial charge in [-0.25, -0.2) is 4.98 Å². The van der Waals surface area contributed by atoms with Gasteiger partial charge in [-0.15, -0.1) is 11.3 Å². The molecule has 1 aliphatic rings. The van der Waals surface area contributed by atoms with Gasteiger partial charge in [-0.1, -0.05) is 29.3 Å². The summed E-state index contributed by atoms with van der Waals surface area (Å²) in [5.41, 5.74) is 8.46. The molecule has 0 spiro atoms. The second-order valence-corrected chi connectivity index (χ2v) is 6.77. The third-order valence-electron chi connectivity index (χ3n) is 3.38. The first-order valence-electron chi connectivity index (χ1n) is 6.31. The smallest absolute Gasteiger partial charge is 0.0975 e. The van der Waals surface area contributed by atoms with E-state index in [9.17, 15) is 0 Å². The Kier molecular flexibility index (Phi) is 3.81. The highest BCUT2D eigenvalue weighted by atomic mass is 35.5. The van der Waals surface area contributed by atoms with Crippen LogP contribution in [0.5, 0.6) is 0 Å². The van der Waals surface area contributed by atoms with Crippen molar-refractivity contribution in [1.29, 1.82) is 0 Å². The molecular weight excluding hydrogens is 299 g/mol. The Hall–Kier alpha value is -0.610. The van der Waals surface area contributed by atoms with Crippen LogP contribution in [0, 0.1) is 0 Å². The molecular formula is C14H14Cl2N2S. The highest BCUT2D eigenvalue weighted by Gasteiger charge is 2.21. The van der Waals surface area contributed by atoms with Crippen LogP contribution in [-0.4, -0.2) is 4.98 Å². The zero-order chi connectivity index (χ0) is 13.4. The SMILES string of the molecule is NC1CCCc2nc(Cc3ccc(Cl)c(Cl)c3)sc21. The molecule has 1 unspecified atom stereocenters. The standard InChI is InChI=1S/C14H14Cl2N2S/c15-9-5-4-8(6-10(9)16)7-13-18-12-3-1-2-11(17)14(12)19-13/h4-6,11H,1-3,7,17H2. The molecule has 0 amide bonds. The van der Waals surface area contributed by atoms with Gasteiger partial charge in [0, 0.05) is 17.3 Å². The highest BCUT2D eigenvalue weighted by Crippen LogP contribution is 2.33. The van der Waals surface area contributed by atoms with E-state index in [2.05, 4.69) is 0 Å². The van der Waals surface area contributed by atoms with Gasteiger partial charge in [0.25, 0.3) is 0 Å². The Morgan fingerprint density at radius 1 is 1.32 bits per heavy atom. The van der Waals surface area contributed by atoms with Crippen LogP contribution in [0.1, 0.15) is 40.0 Å². The van der Waals surface area contributed by atoms with Crippen molar-refractivity contribution in [2.45, 2.75) is 31.7 Å². The number of hydrogen-bond donors (Lipinski definition) is 1. The third kappa shape index (κ3) is 2.79. The molecule has 0 saturated carbocycles. The lowest BCUT2D eigenvalue weighted by Crippen LogP contribution is -2.15. The highest BCUT2D eigenvalue weighted by molar-refractivity contribution is 7.11. The summed E-state index contributed by atoms with van der Waals surface area (Å²) in [5, 5.41) is 2.30. The molecule has 1 aliphatic carbocycles. The number of thiazole rings is 1. The lowest BCUT2D eigenvalue weighted by molar-refractivity contribution is 0.573. The van der Waals surface area contributed by atoms with Crippen LogP contribution in [0.3, 0.4) is 0 Å². The number of aryl methyl sites for hydroxylation is 1. The van der Waals surface area contributed by atoms with Gasteiger partial charge in [0.15, 0.2) is 0 Å². The number of aromatic nitrogens is 1. The molecule has 19 heavy (non-hydrogen) atoms. The quantitative estimate of drug-likeness (QED) is 0.894. The topological polar surface area (TPSA) is 38.9 Å². The maximum absolute atomic E-state index is 6.13. The molecule has 0 aliphatic heterocycles. The summed E-state index contributed by atoms with van der Waals surface area (Å²) in [6.45, 7) is 0. The van der Waals surface area contributed by atoms with Crippen molar-refractivity contribution in [2.75, 3.05) is 0 Å². The summed E-state index contributed by atoms with van der Waals surface area (Å²) in [7, 11) is 0. The number of nitrogens with two attached hydrogens (primary N) is 1. The molecule has 0 fully saturated rings. The molecule has 2 aromatic rings. The van der Waals surface area contributed by atoms with Gasteiger partial charge in [-0.3, -0.25) is 0 Å². The predicted octanol–water partition coefficient (Wildman–Crippen LogP) is 4.38. The van der Waals surface area contributed by atoms with Crippen LogP contribution < -0.4 is 5.73 Å². The van der Waals surface area contributed by atoms with E-state index in [-0.39, 0.29) is 6.04 Å². The summed E-state index contributed by atoms with van der Waals surface area (Å²) < 4.78 is 0. The van der Waals surface area contributed by atoms with Crippen molar-refractivity contribution in [3.63, 3.8) is 0 Å². The summed E-state index contributed by atoms with van der Waals surface area (Å²) in [5.74, 6) is 0. The maximum Gasteiger partial charge on any atom is 0.0975 e. The lowest BCUT2D eigenvalue weighted by Gasteiger charge is -2.15. The largest absolute Gasteiger partial charge is 0.323 e. The molecule has 0 bridgehead atoms. The normalized spacial score (nSPS) is 18.4. The van der Waals surface area contributed by atoms with E-state index in [0.717, 1.165) is 36.3 Å². The van der Waals surface area contributed by atoms with E-state index in [1.807, 2.05) is 18.2 Å². The number of hydrogen-bond acceptors (Lipinski definition) is 3. The van der Waals surface area contributed by atoms with Crippen molar-refractivity contribution in [1.82, 2.24) is 4.98 Å². The monoisotopic (exact) mass is 312 g/mol. The minimum Gasteiger partial charge on any atom is -0.323 e. The molecule has 0 saturated heterocycles. The Labute approximate surface area is 126 Å². The Morgan fingerprint density at radius 2 is 2.16 bits per heavy atom. The van der Waals surface area contributed by atoms with Crippen LogP contribution in [0.25, 0.3) is 0 Å². The fraction of sp³-hybridized carbons (Fsp3) is 0.357. The van der Waals surface area contributed by atoms with Gasteiger partial charge in [0.1, 0.15) is 0 Å². The second kappa shape index (κ2) is 5.41. The van der Waals surface area contributed by atoms with Crippen LogP contribution >= 0.6 is 34.5 Å². The van der Waals surface area contributed by atoms with Gasteiger partial charge in [-0.05, 0) is 37.0 Å². The molecule has 100 valence electrons. The Morgan fingerprint density at radius 3 is 2.89 bits per heavy atom. The molecule has 2 nitrogen and oxygen atoms in total. The summed E-state index contributed by atoms with van der Waals surface area (Å²) in [6.07, 6.45) is 4.06. The molecule has 0 radical (unpaired) electrons. The zero-order valence-corrected chi connectivity index (χ0v) is 12.7. The Bertz CT molecular complexity index is 609. The van der Waals surface area contributed by atoms with E-state index >= 15 is 0 Å². The molecule has 1 aromatic carbocycles. The lowest BCUT2D eigenvalue weighted by atomic mass is 9.99. The number of benzene rings is 1. The average molecular weight is 313 g/mol. The van der Waals surface area contributed by atoms with Crippen LogP contribution in [0.15, 0.2) is 18.2 Å². The van der Waals surface area contributed by atoms with Crippen LogP contribution in [-0.2, 0) is 12.8 Å². The van der Waals surface area contributed by atoms with Crippen LogP contribution in [0.2, 0.25) is 10.0 Å². The molecule has 1 heterocycles. The number of fused-ring (bicyclic) bond motifs is 1. The predicted molar refractivity (Wildman–Crippen MR) is 81.2 cm³/mol. The average Bonchev–Trinajstić information content (AvgIpc) is 2.78. The molecule has 2 N–H and O–H groups in total. The zero-order valence-electron chi connectivity index (χ0n) is 10.3. The minimum atomic E-state index is 0.170. The fourth-order valence-electron chi connectivity index (χ4n) is 2.40. The van der Waals surface area contributed by atoms with Gasteiger partial charge in [-0.2, -0.15) is 0 Å². The van der Waals surface area contributed by atoms with Gasteiger partial charge >= 0.3 is 0 Å². The van der Waals surface area contributed by atoms with Crippen molar-refractivity contribution < 1.29 is 0 Å². The van der Waals surface area contributed by atoms with Crippen molar-refractivity contribution >= 4 is 34.5 Å². The molecule has 5 heteroatoms. The molecule has 1 aromatic heterocycles. The van der Waals surface area contributed by atoms with E-state index in [0.29, 0.717) is 10.0 Å². The number of halogens is 2. The molecule has 1 atom stereocenters. The molecule has 3 rings (SSSR count). The first-order chi connectivity index (χ1) is 9.13. The van der Waals surface area contributed by atoms with Gasteiger partial charge < -0.3 is 5.73 Å².